The van der Waals surface area contributed by atoms with Crippen molar-refractivity contribution in [2.75, 3.05) is 0 Å². The van der Waals surface area contributed by atoms with Gasteiger partial charge in [-0.25, -0.2) is 0 Å². The minimum absolute atomic E-state index is 0.636. The molecule has 0 amide bonds. The van der Waals surface area contributed by atoms with E-state index in [9.17, 15) is 0 Å². The Bertz CT molecular complexity index is 727. The van der Waals surface area contributed by atoms with E-state index in [0.717, 1.165) is 28.9 Å². The van der Waals surface area contributed by atoms with Gasteiger partial charge in [-0.1, -0.05) is 62.5 Å². The molecule has 1 N–H and O–H groups in total. The number of rotatable bonds is 3. The van der Waals surface area contributed by atoms with Gasteiger partial charge in [0.2, 0.25) is 0 Å². The molecule has 1 saturated heterocycles. The molecular weight excluding hydrogens is 358 g/mol. The summed E-state index contributed by atoms with van der Waals surface area (Å²) in [6, 6.07) is 0.636. The third kappa shape index (κ3) is 3.36. The first-order valence-electron chi connectivity index (χ1n) is 11.5. The number of thioether (sulfide) groups is 1. The van der Waals surface area contributed by atoms with Crippen LogP contribution in [0.1, 0.15) is 46.0 Å². The topological polar surface area (TPSA) is 12.0 Å². The van der Waals surface area contributed by atoms with Crippen LogP contribution < -0.4 is 5.32 Å². The smallest absolute Gasteiger partial charge is 0.0303 e. The molecule has 0 aromatic heterocycles. The molecule has 1 fully saturated rings. The van der Waals surface area contributed by atoms with Crippen LogP contribution in [0, 0.1) is 35.5 Å². The van der Waals surface area contributed by atoms with Crippen LogP contribution in [0.3, 0.4) is 0 Å². The lowest BCUT2D eigenvalue weighted by molar-refractivity contribution is 0.217. The van der Waals surface area contributed by atoms with E-state index in [1.165, 1.54) is 32.1 Å². The van der Waals surface area contributed by atoms with Crippen molar-refractivity contribution in [3.05, 3.63) is 60.4 Å². The largest absolute Gasteiger partial charge is 0.388 e. The molecule has 0 aromatic rings. The first kappa shape index (κ1) is 18.9. The molecule has 8 unspecified atom stereocenters. The van der Waals surface area contributed by atoms with Crippen LogP contribution in [-0.2, 0) is 0 Å². The molecule has 2 aliphatic heterocycles. The Morgan fingerprint density at radius 2 is 1.89 bits per heavy atom. The molecule has 5 rings (SSSR count). The molecule has 2 heterocycles. The second-order valence-electron chi connectivity index (χ2n) is 9.78. The average Bonchev–Trinajstić information content (AvgIpc) is 3.13. The van der Waals surface area contributed by atoms with Crippen molar-refractivity contribution in [1.82, 2.24) is 5.32 Å². The molecule has 0 spiro atoms. The minimum Gasteiger partial charge on any atom is -0.388 e. The highest BCUT2D eigenvalue weighted by atomic mass is 32.2. The minimum atomic E-state index is 0.636. The van der Waals surface area contributed by atoms with Gasteiger partial charge in [0, 0.05) is 16.5 Å². The van der Waals surface area contributed by atoms with Gasteiger partial charge in [0.25, 0.3) is 0 Å². The van der Waals surface area contributed by atoms with Crippen molar-refractivity contribution in [1.29, 1.82) is 0 Å². The summed E-state index contributed by atoms with van der Waals surface area (Å²) in [5.74, 6) is 4.48. The molecule has 0 bridgehead atoms. The summed E-state index contributed by atoms with van der Waals surface area (Å²) in [4.78, 5) is 0. The molecule has 28 heavy (non-hydrogen) atoms. The SMILES string of the molecule is CC(C)C1=CNC(C2CC=CC3C4C=CC=CC4SC32)CC1C1CC=CCC1. The van der Waals surface area contributed by atoms with E-state index in [1.54, 1.807) is 5.57 Å². The van der Waals surface area contributed by atoms with Crippen LogP contribution in [-0.4, -0.2) is 16.5 Å². The zero-order valence-electron chi connectivity index (χ0n) is 17.3. The van der Waals surface area contributed by atoms with E-state index < -0.39 is 0 Å². The van der Waals surface area contributed by atoms with Gasteiger partial charge in [0.1, 0.15) is 0 Å². The van der Waals surface area contributed by atoms with Gasteiger partial charge in [-0.2, -0.15) is 0 Å². The van der Waals surface area contributed by atoms with Crippen molar-refractivity contribution in [2.24, 2.45) is 35.5 Å². The average molecular weight is 394 g/mol. The Labute approximate surface area is 175 Å². The number of nitrogens with one attached hydrogen (secondary N) is 1. The van der Waals surface area contributed by atoms with Gasteiger partial charge in [-0.05, 0) is 79.4 Å². The quantitative estimate of drug-likeness (QED) is 0.566. The zero-order chi connectivity index (χ0) is 19.1. The fraction of sp³-hybridized carbons (Fsp3) is 0.615. The van der Waals surface area contributed by atoms with E-state index >= 15 is 0 Å². The standard InChI is InChI=1S/C26H35NS/c1-17(2)23-16-27-24(15-22(23)18-9-4-3-5-10-18)21-13-8-12-20-19-11-6-7-14-25(19)28-26(20)21/h3-4,6-8,11-12,14,16-22,24-27H,5,9-10,13,15H2,1-2H3. The highest BCUT2D eigenvalue weighted by Gasteiger charge is 2.48. The molecule has 5 aliphatic rings. The summed E-state index contributed by atoms with van der Waals surface area (Å²) in [6.45, 7) is 4.77. The Hall–Kier alpha value is -1.15. The third-order valence-corrected chi connectivity index (χ3v) is 9.68. The van der Waals surface area contributed by atoms with Crippen molar-refractivity contribution < 1.29 is 0 Å². The number of hydrogen-bond donors (Lipinski definition) is 1. The maximum atomic E-state index is 3.92. The van der Waals surface area contributed by atoms with Crippen LogP contribution in [0.25, 0.3) is 0 Å². The van der Waals surface area contributed by atoms with Crippen LogP contribution in [0.2, 0.25) is 0 Å². The molecule has 0 aromatic carbocycles. The highest BCUT2D eigenvalue weighted by Crippen LogP contribution is 2.53. The van der Waals surface area contributed by atoms with E-state index in [2.05, 4.69) is 85.7 Å². The predicted octanol–water partition coefficient (Wildman–Crippen LogP) is 6.28. The lowest BCUT2D eigenvalue weighted by atomic mass is 9.67. The number of hydrogen-bond acceptors (Lipinski definition) is 2. The van der Waals surface area contributed by atoms with E-state index in [1.807, 2.05) is 0 Å². The van der Waals surface area contributed by atoms with E-state index in [4.69, 9.17) is 0 Å². The van der Waals surface area contributed by atoms with Crippen molar-refractivity contribution in [2.45, 2.75) is 62.5 Å². The fourth-order valence-electron chi connectivity index (χ4n) is 6.45. The fourth-order valence-corrected chi connectivity index (χ4v) is 8.41. The molecule has 1 nitrogen and oxygen atoms in total. The Kier molecular flexibility index (Phi) is 5.34. The van der Waals surface area contributed by atoms with E-state index in [0.29, 0.717) is 23.1 Å². The van der Waals surface area contributed by atoms with Crippen LogP contribution in [0.4, 0.5) is 0 Å². The summed E-state index contributed by atoms with van der Waals surface area (Å²) in [5, 5.41) is 5.38. The lowest BCUT2D eigenvalue weighted by Crippen LogP contribution is -2.46. The molecule has 0 saturated carbocycles. The summed E-state index contributed by atoms with van der Waals surface area (Å²) in [5.41, 5.74) is 1.68. The monoisotopic (exact) mass is 393 g/mol. The summed E-state index contributed by atoms with van der Waals surface area (Å²) < 4.78 is 0. The Balaban J connectivity index is 1.37. The van der Waals surface area contributed by atoms with Crippen LogP contribution >= 0.6 is 11.8 Å². The maximum Gasteiger partial charge on any atom is 0.0303 e. The van der Waals surface area contributed by atoms with Crippen molar-refractivity contribution >= 4 is 11.8 Å². The van der Waals surface area contributed by atoms with Crippen LogP contribution in [0.5, 0.6) is 0 Å². The normalized spacial score (nSPS) is 44.2. The second kappa shape index (κ2) is 7.94. The van der Waals surface area contributed by atoms with Crippen molar-refractivity contribution in [3.8, 4) is 0 Å². The van der Waals surface area contributed by atoms with Crippen molar-refractivity contribution in [3.63, 3.8) is 0 Å². The van der Waals surface area contributed by atoms with Gasteiger partial charge in [0.05, 0.1) is 0 Å². The summed E-state index contributed by atoms with van der Waals surface area (Å²) in [6.07, 6.45) is 28.3. The number of allylic oxidation sites excluding steroid dienone is 8. The van der Waals surface area contributed by atoms with Gasteiger partial charge < -0.3 is 5.32 Å². The van der Waals surface area contributed by atoms with Crippen LogP contribution in [0.15, 0.2) is 60.4 Å². The lowest BCUT2D eigenvalue weighted by Gasteiger charge is -2.44. The first-order chi connectivity index (χ1) is 13.7. The molecule has 150 valence electrons. The zero-order valence-corrected chi connectivity index (χ0v) is 18.2. The van der Waals surface area contributed by atoms with Gasteiger partial charge >= 0.3 is 0 Å². The molecule has 8 atom stereocenters. The van der Waals surface area contributed by atoms with E-state index in [-0.39, 0.29) is 0 Å². The molecule has 3 aliphatic carbocycles. The summed E-state index contributed by atoms with van der Waals surface area (Å²) >= 11 is 2.26. The highest BCUT2D eigenvalue weighted by molar-refractivity contribution is 8.01. The number of fused-ring (bicyclic) bond motifs is 3. The summed E-state index contributed by atoms with van der Waals surface area (Å²) in [7, 11) is 0. The Morgan fingerprint density at radius 3 is 2.71 bits per heavy atom. The van der Waals surface area contributed by atoms with Gasteiger partial charge in [0.15, 0.2) is 0 Å². The molecule has 0 radical (unpaired) electrons. The predicted molar refractivity (Wildman–Crippen MR) is 122 cm³/mol. The second-order valence-corrected chi connectivity index (χ2v) is 11.1. The third-order valence-electron chi connectivity index (χ3n) is 7.91. The maximum absolute atomic E-state index is 3.92. The van der Waals surface area contributed by atoms with Gasteiger partial charge in [-0.3, -0.25) is 0 Å². The molecule has 2 heteroatoms. The first-order valence-corrected chi connectivity index (χ1v) is 12.4. The van der Waals surface area contributed by atoms with Gasteiger partial charge in [-0.15, -0.1) is 11.8 Å². The molecular formula is C26H35NS. The Morgan fingerprint density at radius 1 is 1.00 bits per heavy atom.